The van der Waals surface area contributed by atoms with E-state index in [2.05, 4.69) is 24.1 Å². The summed E-state index contributed by atoms with van der Waals surface area (Å²) >= 11 is 0. The molecule has 1 aromatic heterocycles. The van der Waals surface area contributed by atoms with Gasteiger partial charge >= 0.3 is 5.97 Å². The number of anilines is 1. The van der Waals surface area contributed by atoms with Crippen LogP contribution in [0.1, 0.15) is 43.5 Å². The fraction of sp³-hybridized carbons (Fsp3) is 0.412. The Balaban J connectivity index is 1.93. The molecular weight excluding hydrogens is 264 g/mol. The lowest BCUT2D eigenvalue weighted by Crippen LogP contribution is -2.31. The molecule has 1 unspecified atom stereocenters. The van der Waals surface area contributed by atoms with Gasteiger partial charge in [0.05, 0.1) is 11.1 Å². The Kier molecular flexibility index (Phi) is 3.32. The lowest BCUT2D eigenvalue weighted by molar-refractivity contribution is 0.0699. The summed E-state index contributed by atoms with van der Waals surface area (Å²) in [5, 5.41) is 13.4. The first-order valence-electron chi connectivity index (χ1n) is 7.37. The van der Waals surface area contributed by atoms with Crippen molar-refractivity contribution in [2.24, 2.45) is 5.41 Å². The van der Waals surface area contributed by atoms with Crippen molar-refractivity contribution in [1.82, 2.24) is 4.98 Å². The molecule has 2 aromatic rings. The highest BCUT2D eigenvalue weighted by Gasteiger charge is 2.34. The van der Waals surface area contributed by atoms with Gasteiger partial charge in [-0.25, -0.2) is 9.78 Å². The molecular formula is C17H20N2O2. The fourth-order valence-corrected chi connectivity index (χ4v) is 3.19. The first-order valence-corrected chi connectivity index (χ1v) is 7.37. The van der Waals surface area contributed by atoms with Crippen molar-refractivity contribution >= 4 is 22.7 Å². The van der Waals surface area contributed by atoms with E-state index in [0.717, 1.165) is 17.8 Å². The zero-order chi connectivity index (χ0) is 15.0. The summed E-state index contributed by atoms with van der Waals surface area (Å²) in [6.45, 7) is 4.56. The van der Waals surface area contributed by atoms with Crippen molar-refractivity contribution in [2.75, 3.05) is 5.32 Å². The van der Waals surface area contributed by atoms with Crippen LogP contribution in [0.2, 0.25) is 0 Å². The molecule has 1 atom stereocenters. The van der Waals surface area contributed by atoms with Crippen LogP contribution in [0.5, 0.6) is 0 Å². The third-order valence-electron chi connectivity index (χ3n) is 4.54. The summed E-state index contributed by atoms with van der Waals surface area (Å²) in [6.07, 6.45) is 3.62. The van der Waals surface area contributed by atoms with Crippen LogP contribution in [0, 0.1) is 5.41 Å². The van der Waals surface area contributed by atoms with Crippen LogP contribution in [0.3, 0.4) is 0 Å². The Bertz CT molecular complexity index is 694. The predicted octanol–water partition coefficient (Wildman–Crippen LogP) is 3.92. The molecule has 1 heterocycles. The van der Waals surface area contributed by atoms with Gasteiger partial charge in [-0.3, -0.25) is 0 Å². The van der Waals surface area contributed by atoms with E-state index in [0.29, 0.717) is 17.0 Å². The van der Waals surface area contributed by atoms with Crippen LogP contribution in [0.25, 0.3) is 10.9 Å². The minimum Gasteiger partial charge on any atom is -0.478 e. The molecule has 2 N–H and O–H groups in total. The Hall–Kier alpha value is -2.10. The second kappa shape index (κ2) is 5.02. The van der Waals surface area contributed by atoms with E-state index in [4.69, 9.17) is 0 Å². The molecule has 1 aliphatic rings. The van der Waals surface area contributed by atoms with Crippen molar-refractivity contribution in [3.8, 4) is 0 Å². The maximum absolute atomic E-state index is 11.2. The van der Waals surface area contributed by atoms with Crippen molar-refractivity contribution < 1.29 is 9.90 Å². The number of carbonyl (C=O) groups is 1. The monoisotopic (exact) mass is 284 g/mol. The molecule has 1 aromatic carbocycles. The van der Waals surface area contributed by atoms with E-state index in [1.807, 2.05) is 18.2 Å². The summed E-state index contributed by atoms with van der Waals surface area (Å²) in [7, 11) is 0. The van der Waals surface area contributed by atoms with Gasteiger partial charge in [0, 0.05) is 11.4 Å². The Morgan fingerprint density at radius 3 is 2.81 bits per heavy atom. The summed E-state index contributed by atoms with van der Waals surface area (Å²) < 4.78 is 0. The highest BCUT2D eigenvalue weighted by molar-refractivity contribution is 6.02. The molecule has 110 valence electrons. The van der Waals surface area contributed by atoms with Gasteiger partial charge in [0.25, 0.3) is 0 Å². The summed E-state index contributed by atoms with van der Waals surface area (Å²) in [6, 6.07) is 9.35. The molecule has 21 heavy (non-hydrogen) atoms. The molecule has 4 nitrogen and oxygen atoms in total. The lowest BCUT2D eigenvalue weighted by Gasteiger charge is -2.28. The summed E-state index contributed by atoms with van der Waals surface area (Å²) in [5.74, 6) is -0.0925. The zero-order valence-electron chi connectivity index (χ0n) is 12.4. The number of benzene rings is 1. The predicted molar refractivity (Wildman–Crippen MR) is 83.7 cm³/mol. The largest absolute Gasteiger partial charge is 0.478 e. The van der Waals surface area contributed by atoms with E-state index in [9.17, 15) is 9.90 Å². The Labute approximate surface area is 124 Å². The number of nitrogens with one attached hydrogen (secondary N) is 1. The van der Waals surface area contributed by atoms with E-state index >= 15 is 0 Å². The van der Waals surface area contributed by atoms with E-state index in [1.165, 1.54) is 12.8 Å². The normalized spacial score (nSPS) is 20.6. The van der Waals surface area contributed by atoms with Crippen LogP contribution in [-0.4, -0.2) is 22.1 Å². The zero-order valence-corrected chi connectivity index (χ0v) is 12.4. The van der Waals surface area contributed by atoms with Gasteiger partial charge < -0.3 is 10.4 Å². The number of rotatable bonds is 3. The quantitative estimate of drug-likeness (QED) is 0.896. The minimum atomic E-state index is -0.917. The van der Waals surface area contributed by atoms with Gasteiger partial charge in [0.1, 0.15) is 5.82 Å². The Morgan fingerprint density at radius 1 is 1.33 bits per heavy atom. The second-order valence-corrected chi connectivity index (χ2v) is 6.45. The SMILES string of the molecule is CC1(C)CCCC1Nc1ccc2c(C(=O)O)cccc2n1. The van der Waals surface area contributed by atoms with Crippen LogP contribution in [0.15, 0.2) is 30.3 Å². The number of aromatic carboxylic acids is 1. The number of hydrogen-bond acceptors (Lipinski definition) is 3. The molecule has 0 amide bonds. The third kappa shape index (κ3) is 2.58. The highest BCUT2D eigenvalue weighted by Crippen LogP contribution is 2.38. The number of carboxylic acid groups (broad SMARTS) is 1. The molecule has 3 rings (SSSR count). The average Bonchev–Trinajstić information content (AvgIpc) is 2.77. The number of pyridine rings is 1. The highest BCUT2D eigenvalue weighted by atomic mass is 16.4. The van der Waals surface area contributed by atoms with Gasteiger partial charge in [-0.15, -0.1) is 0 Å². The summed E-state index contributed by atoms with van der Waals surface area (Å²) in [4.78, 5) is 15.8. The standard InChI is InChI=1S/C17H20N2O2/c1-17(2)10-4-7-14(17)19-15-9-8-11-12(16(20)21)5-3-6-13(11)18-15/h3,5-6,8-9,14H,4,7,10H2,1-2H3,(H,18,19)(H,20,21). The fourth-order valence-electron chi connectivity index (χ4n) is 3.19. The topological polar surface area (TPSA) is 62.2 Å². The van der Waals surface area contributed by atoms with Crippen molar-refractivity contribution in [1.29, 1.82) is 0 Å². The second-order valence-electron chi connectivity index (χ2n) is 6.45. The first kappa shape index (κ1) is 13.9. The maximum Gasteiger partial charge on any atom is 0.336 e. The molecule has 4 heteroatoms. The number of nitrogens with zero attached hydrogens (tertiary/aromatic N) is 1. The first-order chi connectivity index (χ1) is 9.97. The molecule has 0 bridgehead atoms. The van der Waals surface area contributed by atoms with Gasteiger partial charge in [-0.1, -0.05) is 26.3 Å². The number of carboxylic acids is 1. The third-order valence-corrected chi connectivity index (χ3v) is 4.54. The average molecular weight is 284 g/mol. The van der Waals surface area contributed by atoms with E-state index in [1.54, 1.807) is 12.1 Å². The molecule has 0 aliphatic heterocycles. The van der Waals surface area contributed by atoms with Crippen LogP contribution in [0.4, 0.5) is 5.82 Å². The van der Waals surface area contributed by atoms with Crippen LogP contribution >= 0.6 is 0 Å². The van der Waals surface area contributed by atoms with Crippen LogP contribution < -0.4 is 5.32 Å². The van der Waals surface area contributed by atoms with E-state index < -0.39 is 5.97 Å². The molecule has 0 saturated heterocycles. The maximum atomic E-state index is 11.2. The number of aromatic nitrogens is 1. The molecule has 1 aliphatic carbocycles. The van der Waals surface area contributed by atoms with Crippen molar-refractivity contribution in [3.05, 3.63) is 35.9 Å². The molecule has 1 fully saturated rings. The molecule has 0 radical (unpaired) electrons. The molecule has 1 saturated carbocycles. The van der Waals surface area contributed by atoms with Gasteiger partial charge in [-0.05, 0) is 42.5 Å². The van der Waals surface area contributed by atoms with Gasteiger partial charge in [0.15, 0.2) is 0 Å². The number of hydrogen-bond donors (Lipinski definition) is 2. The van der Waals surface area contributed by atoms with Gasteiger partial charge in [-0.2, -0.15) is 0 Å². The van der Waals surface area contributed by atoms with Crippen molar-refractivity contribution in [2.45, 2.75) is 39.2 Å². The van der Waals surface area contributed by atoms with Gasteiger partial charge in [0.2, 0.25) is 0 Å². The smallest absolute Gasteiger partial charge is 0.336 e. The van der Waals surface area contributed by atoms with E-state index in [-0.39, 0.29) is 5.41 Å². The molecule has 0 spiro atoms. The Morgan fingerprint density at radius 2 is 2.14 bits per heavy atom. The summed E-state index contributed by atoms with van der Waals surface area (Å²) in [5.41, 5.74) is 1.29. The minimum absolute atomic E-state index is 0.277. The van der Waals surface area contributed by atoms with Crippen molar-refractivity contribution in [3.63, 3.8) is 0 Å². The van der Waals surface area contributed by atoms with Crippen LogP contribution in [-0.2, 0) is 0 Å². The number of fused-ring (bicyclic) bond motifs is 1. The lowest BCUT2D eigenvalue weighted by atomic mass is 9.87.